The van der Waals surface area contributed by atoms with Crippen molar-refractivity contribution in [1.29, 1.82) is 0 Å². The lowest BCUT2D eigenvalue weighted by Gasteiger charge is -2.07. The quantitative estimate of drug-likeness (QED) is 0.582. The largest absolute Gasteiger partial charge is 0.465 e. The lowest BCUT2D eigenvalue weighted by Crippen LogP contribution is -2.11. The Morgan fingerprint density at radius 1 is 0.862 bits per heavy atom. The number of hydrogen-bond donors (Lipinski definition) is 1. The number of esters is 2. The fraction of sp³-hybridized carbons (Fsp3) is 0.182. The first-order chi connectivity index (χ1) is 13.6. The third-order valence-corrected chi connectivity index (χ3v) is 4.19. The number of hydrogen-bond acceptors (Lipinski definition) is 6. The minimum atomic E-state index is -0.539. The Balaban J connectivity index is 0.00000300. The second-order valence-electron chi connectivity index (χ2n) is 6.14. The maximum absolute atomic E-state index is 11.9. The van der Waals surface area contributed by atoms with Crippen LogP contribution in [0.5, 0.6) is 0 Å². The van der Waals surface area contributed by atoms with E-state index in [0.717, 1.165) is 12.3 Å². The van der Waals surface area contributed by atoms with Gasteiger partial charge in [-0.3, -0.25) is 0 Å². The van der Waals surface area contributed by atoms with Crippen molar-refractivity contribution in [2.45, 2.75) is 13.1 Å². The summed E-state index contributed by atoms with van der Waals surface area (Å²) in [4.78, 5) is 23.9. The lowest BCUT2D eigenvalue weighted by molar-refractivity contribution is 0.0599. The minimum Gasteiger partial charge on any atom is -0.465 e. The summed E-state index contributed by atoms with van der Waals surface area (Å²) in [5.74, 6) is 0.216. The van der Waals surface area contributed by atoms with Crippen molar-refractivity contribution < 1.29 is 23.5 Å². The van der Waals surface area contributed by atoms with Gasteiger partial charge in [0.25, 0.3) is 0 Å². The average molecular weight is 416 g/mol. The van der Waals surface area contributed by atoms with E-state index in [1.165, 1.54) is 25.8 Å². The summed E-state index contributed by atoms with van der Waals surface area (Å²) < 4.78 is 15.4. The molecular formula is C22H22ClNO5. The van der Waals surface area contributed by atoms with Gasteiger partial charge in [-0.2, -0.15) is 0 Å². The molecule has 0 saturated heterocycles. The molecule has 0 radical (unpaired) electrons. The molecule has 1 heterocycles. The molecule has 3 aromatic rings. The molecule has 0 amide bonds. The summed E-state index contributed by atoms with van der Waals surface area (Å²) in [6.07, 6.45) is 0. The highest BCUT2D eigenvalue weighted by atomic mass is 35.5. The van der Waals surface area contributed by atoms with Crippen molar-refractivity contribution in [2.75, 3.05) is 14.2 Å². The van der Waals surface area contributed by atoms with Gasteiger partial charge in [-0.15, -0.1) is 12.4 Å². The van der Waals surface area contributed by atoms with Crippen LogP contribution in [0.15, 0.2) is 65.1 Å². The number of benzene rings is 2. The summed E-state index contributed by atoms with van der Waals surface area (Å²) in [5.41, 5.74) is 2.28. The Hall–Kier alpha value is -3.09. The monoisotopic (exact) mass is 415 g/mol. The molecule has 0 spiro atoms. The maximum Gasteiger partial charge on any atom is 0.337 e. The standard InChI is InChI=1S/C22H21NO5.ClH/c1-26-21(24)17-10-16(11-18(12-17)22(25)27-2)20-9-8-19(28-20)14-23-13-15-6-4-3-5-7-15;/h3-12,23H,13-14H2,1-2H3;1H. The first-order valence-electron chi connectivity index (χ1n) is 8.76. The fourth-order valence-electron chi connectivity index (χ4n) is 2.80. The zero-order valence-corrected chi connectivity index (χ0v) is 17.0. The van der Waals surface area contributed by atoms with Crippen LogP contribution >= 0.6 is 12.4 Å². The van der Waals surface area contributed by atoms with Gasteiger partial charge < -0.3 is 19.2 Å². The van der Waals surface area contributed by atoms with Gasteiger partial charge >= 0.3 is 11.9 Å². The molecule has 29 heavy (non-hydrogen) atoms. The van der Waals surface area contributed by atoms with Crippen LogP contribution in [-0.2, 0) is 22.6 Å². The Labute approximate surface area is 175 Å². The van der Waals surface area contributed by atoms with E-state index >= 15 is 0 Å². The smallest absolute Gasteiger partial charge is 0.337 e. The van der Waals surface area contributed by atoms with E-state index in [1.54, 1.807) is 18.2 Å². The summed E-state index contributed by atoms with van der Waals surface area (Å²) in [6, 6.07) is 18.4. The van der Waals surface area contributed by atoms with E-state index in [1.807, 2.05) is 36.4 Å². The van der Waals surface area contributed by atoms with Crippen LogP contribution in [0.2, 0.25) is 0 Å². The van der Waals surface area contributed by atoms with E-state index in [0.29, 0.717) is 17.9 Å². The van der Waals surface area contributed by atoms with Crippen LogP contribution in [0.1, 0.15) is 32.0 Å². The molecule has 152 valence electrons. The topological polar surface area (TPSA) is 77.8 Å². The number of furan rings is 1. The molecular weight excluding hydrogens is 394 g/mol. The molecule has 0 bridgehead atoms. The van der Waals surface area contributed by atoms with Crippen LogP contribution in [0.25, 0.3) is 11.3 Å². The summed E-state index contributed by atoms with van der Waals surface area (Å²) in [5, 5.41) is 3.32. The number of ether oxygens (including phenoxy) is 2. The van der Waals surface area contributed by atoms with Gasteiger partial charge in [0.15, 0.2) is 0 Å². The van der Waals surface area contributed by atoms with Crippen molar-refractivity contribution in [3.63, 3.8) is 0 Å². The number of methoxy groups -OCH3 is 2. The molecule has 1 N–H and O–H groups in total. The van der Waals surface area contributed by atoms with Crippen LogP contribution in [0, 0.1) is 0 Å². The fourth-order valence-corrected chi connectivity index (χ4v) is 2.80. The number of carbonyl (C=O) groups is 2. The third kappa shape index (κ3) is 5.70. The summed E-state index contributed by atoms with van der Waals surface area (Å²) >= 11 is 0. The Kier molecular flexibility index (Phi) is 8.00. The molecule has 0 aliphatic rings. The summed E-state index contributed by atoms with van der Waals surface area (Å²) in [7, 11) is 2.58. The predicted octanol–water partition coefficient (Wildman–Crippen LogP) is 4.23. The SMILES string of the molecule is COC(=O)c1cc(C(=O)OC)cc(-c2ccc(CNCc3ccccc3)o2)c1.Cl. The maximum atomic E-state index is 11.9. The Morgan fingerprint density at radius 3 is 2.07 bits per heavy atom. The van der Waals surface area contributed by atoms with Gasteiger partial charge in [0.2, 0.25) is 0 Å². The molecule has 3 rings (SSSR count). The van der Waals surface area contributed by atoms with Crippen LogP contribution in [0.3, 0.4) is 0 Å². The molecule has 2 aromatic carbocycles. The van der Waals surface area contributed by atoms with Crippen LogP contribution in [-0.4, -0.2) is 26.2 Å². The van der Waals surface area contributed by atoms with Gasteiger partial charge in [-0.25, -0.2) is 9.59 Å². The highest BCUT2D eigenvalue weighted by Gasteiger charge is 2.16. The van der Waals surface area contributed by atoms with E-state index in [-0.39, 0.29) is 23.5 Å². The molecule has 1 aromatic heterocycles. The normalized spacial score (nSPS) is 10.1. The van der Waals surface area contributed by atoms with Crippen molar-refractivity contribution in [3.05, 3.63) is 83.1 Å². The van der Waals surface area contributed by atoms with Crippen LogP contribution < -0.4 is 5.32 Å². The van der Waals surface area contributed by atoms with Gasteiger partial charge in [0.1, 0.15) is 11.5 Å². The third-order valence-electron chi connectivity index (χ3n) is 4.19. The first kappa shape index (κ1) is 22.2. The van der Waals surface area contributed by atoms with Gasteiger partial charge in [-0.1, -0.05) is 30.3 Å². The number of carbonyl (C=O) groups excluding carboxylic acids is 2. The van der Waals surface area contributed by atoms with E-state index in [2.05, 4.69) is 5.32 Å². The van der Waals surface area contributed by atoms with Gasteiger partial charge in [-0.05, 0) is 35.9 Å². The minimum absolute atomic E-state index is 0. The second kappa shape index (κ2) is 10.5. The first-order valence-corrected chi connectivity index (χ1v) is 8.76. The van der Waals surface area contributed by atoms with Gasteiger partial charge in [0, 0.05) is 12.1 Å². The zero-order chi connectivity index (χ0) is 19.9. The Bertz CT molecular complexity index is 934. The summed E-state index contributed by atoms with van der Waals surface area (Å²) in [6.45, 7) is 1.27. The van der Waals surface area contributed by atoms with Crippen LogP contribution in [0.4, 0.5) is 0 Å². The highest BCUT2D eigenvalue weighted by molar-refractivity contribution is 5.97. The van der Waals surface area contributed by atoms with E-state index in [9.17, 15) is 9.59 Å². The van der Waals surface area contributed by atoms with Crippen molar-refractivity contribution in [2.24, 2.45) is 0 Å². The second-order valence-corrected chi connectivity index (χ2v) is 6.14. The lowest BCUT2D eigenvalue weighted by atomic mass is 10.0. The molecule has 0 unspecified atom stereocenters. The Morgan fingerprint density at radius 2 is 1.48 bits per heavy atom. The molecule has 0 aliphatic heterocycles. The highest BCUT2D eigenvalue weighted by Crippen LogP contribution is 2.25. The predicted molar refractivity (Wildman–Crippen MR) is 111 cm³/mol. The van der Waals surface area contributed by atoms with Crippen molar-refractivity contribution >= 4 is 24.3 Å². The number of nitrogens with one attached hydrogen (secondary N) is 1. The number of halogens is 1. The average Bonchev–Trinajstić information content (AvgIpc) is 3.22. The molecule has 6 nitrogen and oxygen atoms in total. The van der Waals surface area contributed by atoms with E-state index in [4.69, 9.17) is 13.9 Å². The molecule has 0 aliphatic carbocycles. The number of rotatable bonds is 7. The van der Waals surface area contributed by atoms with Crippen molar-refractivity contribution in [3.8, 4) is 11.3 Å². The van der Waals surface area contributed by atoms with Crippen molar-refractivity contribution in [1.82, 2.24) is 5.32 Å². The molecule has 0 atom stereocenters. The van der Waals surface area contributed by atoms with Gasteiger partial charge in [0.05, 0.1) is 31.9 Å². The molecule has 7 heteroatoms. The molecule has 0 saturated carbocycles. The molecule has 0 fully saturated rings. The van der Waals surface area contributed by atoms with E-state index < -0.39 is 11.9 Å². The zero-order valence-electron chi connectivity index (χ0n) is 16.1.